The number of sulfonamides is 1. The number of ether oxygens (including phenoxy) is 1. The Morgan fingerprint density at radius 2 is 1.85 bits per heavy atom. The molecule has 1 unspecified atom stereocenters. The van der Waals surface area contributed by atoms with Crippen molar-refractivity contribution in [3.63, 3.8) is 0 Å². The van der Waals surface area contributed by atoms with Gasteiger partial charge in [0.25, 0.3) is 10.0 Å². The summed E-state index contributed by atoms with van der Waals surface area (Å²) in [6.07, 6.45) is 1.29. The third-order valence-electron chi connectivity index (χ3n) is 4.64. The van der Waals surface area contributed by atoms with Crippen molar-refractivity contribution in [2.24, 2.45) is 5.92 Å². The first-order valence-corrected chi connectivity index (χ1v) is 10.9. The van der Waals surface area contributed by atoms with Crippen molar-refractivity contribution in [2.45, 2.75) is 37.8 Å². The summed E-state index contributed by atoms with van der Waals surface area (Å²) in [6.45, 7) is 6.28. The van der Waals surface area contributed by atoms with Gasteiger partial charge in [-0.1, -0.05) is 18.2 Å². The van der Waals surface area contributed by atoms with Gasteiger partial charge in [-0.3, -0.25) is 4.79 Å². The summed E-state index contributed by atoms with van der Waals surface area (Å²) in [5.74, 6) is -0.227. The highest BCUT2D eigenvalue weighted by Crippen LogP contribution is 2.30. The lowest BCUT2D eigenvalue weighted by Gasteiger charge is -2.30. The van der Waals surface area contributed by atoms with E-state index in [0.717, 1.165) is 16.0 Å². The lowest BCUT2D eigenvalue weighted by Crippen LogP contribution is -2.43. The number of esters is 1. The summed E-state index contributed by atoms with van der Waals surface area (Å²) in [6, 6.07) is 9.14. The second-order valence-electron chi connectivity index (χ2n) is 6.71. The van der Waals surface area contributed by atoms with Crippen molar-refractivity contribution in [3.8, 4) is 5.75 Å². The molecule has 1 saturated heterocycles. The van der Waals surface area contributed by atoms with Gasteiger partial charge < -0.3 is 4.74 Å². The molecule has 0 radical (unpaired) electrons. The number of carbonyl (C=O) groups is 1. The molecule has 1 atom stereocenters. The van der Waals surface area contributed by atoms with Crippen molar-refractivity contribution >= 4 is 27.3 Å². The number of benzene rings is 1. The van der Waals surface area contributed by atoms with E-state index in [9.17, 15) is 13.2 Å². The Hall–Kier alpha value is -1.70. The molecular formula is C19H23NO4S2. The molecule has 2 heterocycles. The van der Waals surface area contributed by atoms with Crippen molar-refractivity contribution in [1.29, 1.82) is 0 Å². The molecular weight excluding hydrogens is 370 g/mol. The number of piperidine rings is 1. The zero-order chi connectivity index (χ0) is 18.9. The number of thiophene rings is 1. The van der Waals surface area contributed by atoms with E-state index in [4.69, 9.17) is 4.74 Å². The van der Waals surface area contributed by atoms with Gasteiger partial charge in [-0.2, -0.15) is 4.31 Å². The normalized spacial score (nSPS) is 18.7. The molecule has 0 spiro atoms. The highest BCUT2D eigenvalue weighted by atomic mass is 32.2. The number of hydrogen-bond donors (Lipinski definition) is 0. The predicted molar refractivity (Wildman–Crippen MR) is 102 cm³/mol. The Bertz CT molecular complexity index is 897. The van der Waals surface area contributed by atoms with E-state index in [1.807, 2.05) is 39.0 Å². The topological polar surface area (TPSA) is 63.7 Å². The Kier molecular flexibility index (Phi) is 5.50. The summed E-state index contributed by atoms with van der Waals surface area (Å²) in [4.78, 5) is 13.6. The molecule has 140 valence electrons. The summed E-state index contributed by atoms with van der Waals surface area (Å²) >= 11 is 1.26. The van der Waals surface area contributed by atoms with Crippen LogP contribution in [0.1, 0.15) is 28.8 Å². The monoisotopic (exact) mass is 393 g/mol. The van der Waals surface area contributed by atoms with E-state index < -0.39 is 15.9 Å². The fourth-order valence-corrected chi connectivity index (χ4v) is 6.14. The quantitative estimate of drug-likeness (QED) is 0.587. The molecule has 2 aromatic rings. The lowest BCUT2D eigenvalue weighted by molar-refractivity contribution is -0.140. The number of rotatable bonds is 4. The fourth-order valence-electron chi connectivity index (χ4n) is 3.18. The van der Waals surface area contributed by atoms with Crippen LogP contribution in [-0.4, -0.2) is 31.8 Å². The van der Waals surface area contributed by atoms with Gasteiger partial charge in [0, 0.05) is 18.0 Å². The first kappa shape index (κ1) is 19.1. The SMILES string of the molecule is Cc1ccc(S(=O)(=O)N2CCCC(C(=O)Oc3c(C)cccc3C)C2)s1. The van der Waals surface area contributed by atoms with Crippen LogP contribution < -0.4 is 4.74 Å². The molecule has 1 aliphatic heterocycles. The molecule has 1 aromatic heterocycles. The van der Waals surface area contributed by atoms with Crippen molar-refractivity contribution in [2.75, 3.05) is 13.1 Å². The number of hydrogen-bond acceptors (Lipinski definition) is 5. The molecule has 1 fully saturated rings. The van der Waals surface area contributed by atoms with E-state index in [1.54, 1.807) is 12.1 Å². The Morgan fingerprint density at radius 1 is 1.15 bits per heavy atom. The van der Waals surface area contributed by atoms with E-state index in [-0.39, 0.29) is 12.5 Å². The zero-order valence-corrected chi connectivity index (χ0v) is 16.8. The summed E-state index contributed by atoms with van der Waals surface area (Å²) in [5, 5.41) is 0. The maximum Gasteiger partial charge on any atom is 0.315 e. The van der Waals surface area contributed by atoms with Crippen LogP contribution >= 0.6 is 11.3 Å². The van der Waals surface area contributed by atoms with Gasteiger partial charge in [-0.25, -0.2) is 8.42 Å². The van der Waals surface area contributed by atoms with Gasteiger partial charge in [0.1, 0.15) is 9.96 Å². The van der Waals surface area contributed by atoms with Crippen LogP contribution in [0.5, 0.6) is 5.75 Å². The summed E-state index contributed by atoms with van der Waals surface area (Å²) < 4.78 is 33.0. The smallest absolute Gasteiger partial charge is 0.315 e. The van der Waals surface area contributed by atoms with Crippen LogP contribution in [0.15, 0.2) is 34.5 Å². The van der Waals surface area contributed by atoms with Crippen molar-refractivity contribution in [1.82, 2.24) is 4.31 Å². The maximum atomic E-state index is 12.8. The molecule has 5 nitrogen and oxygen atoms in total. The molecule has 3 rings (SSSR count). The Balaban J connectivity index is 1.75. The molecule has 0 amide bonds. The van der Waals surface area contributed by atoms with Gasteiger partial charge in [0.05, 0.1) is 5.92 Å². The van der Waals surface area contributed by atoms with E-state index in [0.29, 0.717) is 29.3 Å². The molecule has 1 aliphatic rings. The molecule has 0 N–H and O–H groups in total. The van der Waals surface area contributed by atoms with Crippen molar-refractivity contribution in [3.05, 3.63) is 46.3 Å². The second kappa shape index (κ2) is 7.50. The Morgan fingerprint density at radius 3 is 2.46 bits per heavy atom. The summed E-state index contributed by atoms with van der Waals surface area (Å²) in [5.41, 5.74) is 1.79. The molecule has 7 heteroatoms. The van der Waals surface area contributed by atoms with Gasteiger partial charge in [-0.15, -0.1) is 11.3 Å². The van der Waals surface area contributed by atoms with Crippen LogP contribution in [-0.2, 0) is 14.8 Å². The highest BCUT2D eigenvalue weighted by molar-refractivity contribution is 7.91. The van der Waals surface area contributed by atoms with Crippen LogP contribution in [0.2, 0.25) is 0 Å². The molecule has 1 aromatic carbocycles. The van der Waals surface area contributed by atoms with E-state index >= 15 is 0 Å². The second-order valence-corrected chi connectivity index (χ2v) is 10.2. The lowest BCUT2D eigenvalue weighted by atomic mass is 10.00. The molecule has 0 aliphatic carbocycles. The average Bonchev–Trinajstić information content (AvgIpc) is 3.05. The average molecular weight is 394 g/mol. The number of aryl methyl sites for hydroxylation is 3. The molecule has 26 heavy (non-hydrogen) atoms. The maximum absolute atomic E-state index is 12.8. The highest BCUT2D eigenvalue weighted by Gasteiger charge is 2.35. The minimum Gasteiger partial charge on any atom is -0.426 e. The van der Waals surface area contributed by atoms with E-state index in [2.05, 4.69) is 0 Å². The number of para-hydroxylation sites is 1. The van der Waals surface area contributed by atoms with Gasteiger partial charge in [0.15, 0.2) is 0 Å². The third kappa shape index (κ3) is 3.84. The van der Waals surface area contributed by atoms with E-state index in [1.165, 1.54) is 15.6 Å². The first-order valence-electron chi connectivity index (χ1n) is 8.63. The van der Waals surface area contributed by atoms with Crippen LogP contribution in [0, 0.1) is 26.7 Å². The standard InChI is InChI=1S/C19H23NO4S2/c1-13-6-4-7-14(2)18(13)24-19(21)16-8-5-11-20(12-16)26(22,23)17-10-9-15(3)25-17/h4,6-7,9-10,16H,5,8,11-12H2,1-3H3. The minimum atomic E-state index is -3.55. The van der Waals surface area contributed by atoms with Gasteiger partial charge >= 0.3 is 5.97 Å². The van der Waals surface area contributed by atoms with Gasteiger partial charge in [0.2, 0.25) is 0 Å². The largest absolute Gasteiger partial charge is 0.426 e. The number of nitrogens with zero attached hydrogens (tertiary/aromatic N) is 1. The first-order chi connectivity index (χ1) is 12.3. The van der Waals surface area contributed by atoms with Crippen LogP contribution in [0.3, 0.4) is 0 Å². The van der Waals surface area contributed by atoms with Crippen LogP contribution in [0.25, 0.3) is 0 Å². The molecule has 0 saturated carbocycles. The zero-order valence-electron chi connectivity index (χ0n) is 15.2. The summed E-state index contributed by atoms with van der Waals surface area (Å²) in [7, 11) is -3.55. The predicted octanol–water partition coefficient (Wildman–Crippen LogP) is 3.68. The number of carbonyl (C=O) groups excluding carboxylic acids is 1. The minimum absolute atomic E-state index is 0.170. The molecule has 0 bridgehead atoms. The van der Waals surface area contributed by atoms with Crippen LogP contribution in [0.4, 0.5) is 0 Å². The fraction of sp³-hybridized carbons (Fsp3) is 0.421. The third-order valence-corrected chi connectivity index (χ3v) is 7.97. The van der Waals surface area contributed by atoms with Gasteiger partial charge in [-0.05, 0) is 56.9 Å². The Labute approximate surface area is 158 Å². The van der Waals surface area contributed by atoms with Crippen molar-refractivity contribution < 1.29 is 17.9 Å².